The Morgan fingerprint density at radius 2 is 0.505 bits per heavy atom. The number of aliphatic hydroxyl groups is 1. The Labute approximate surface area is 556 Å². The highest BCUT2D eigenvalue weighted by atomic mass is 31.2. The molecule has 2 unspecified atom stereocenters. The van der Waals surface area contributed by atoms with Gasteiger partial charge < -0.3 is 33.8 Å². The molecule has 0 aromatic heterocycles. The number of unbranched alkanes of at least 4 members (excludes halogenated alkanes) is 38. The number of carbonyl (C=O) groups is 4. The van der Waals surface area contributed by atoms with Crippen molar-refractivity contribution in [3.8, 4) is 0 Å². The van der Waals surface area contributed by atoms with E-state index in [2.05, 4.69) is 48.5 Å². The van der Waals surface area contributed by atoms with E-state index in [4.69, 9.17) is 37.0 Å². The van der Waals surface area contributed by atoms with Crippen LogP contribution in [0.1, 0.15) is 363 Å². The molecule has 0 spiro atoms. The maximum Gasteiger partial charge on any atom is 0.472 e. The average molecular weight is 1340 g/mol. The lowest BCUT2D eigenvalue weighted by Crippen LogP contribution is -2.30. The Balaban J connectivity index is 5.16. The molecule has 0 fully saturated rings. The van der Waals surface area contributed by atoms with Crippen LogP contribution in [0.3, 0.4) is 0 Å². The topological polar surface area (TPSA) is 237 Å². The van der Waals surface area contributed by atoms with Crippen molar-refractivity contribution in [1.29, 1.82) is 0 Å². The van der Waals surface area contributed by atoms with Crippen LogP contribution in [0, 0.1) is 17.8 Å². The van der Waals surface area contributed by atoms with Crippen LogP contribution in [0.5, 0.6) is 0 Å². The molecular weight excluding hydrogens is 1200 g/mol. The van der Waals surface area contributed by atoms with Gasteiger partial charge >= 0.3 is 39.5 Å². The Morgan fingerprint density at radius 1 is 0.297 bits per heavy atom. The van der Waals surface area contributed by atoms with E-state index >= 15 is 0 Å². The number of ether oxygens (including phenoxy) is 4. The fourth-order valence-corrected chi connectivity index (χ4v) is 12.5. The van der Waals surface area contributed by atoms with Crippen molar-refractivity contribution in [2.45, 2.75) is 381 Å². The van der Waals surface area contributed by atoms with Gasteiger partial charge in [-0.3, -0.25) is 37.3 Å². The fraction of sp³-hybridized carbons (Fsp3) is 0.944. The Morgan fingerprint density at radius 3 is 0.747 bits per heavy atom. The molecule has 0 rings (SSSR count). The third-order valence-electron chi connectivity index (χ3n) is 16.6. The SMILES string of the molecule is CCCCCCCCCCCCCCCCCCCCCCCC(=O)O[C@H](COC(=O)CCCCCCCCCCCC(C)C)COP(=O)(O)OC[C@@H](O)COP(=O)(O)OC[C@@H](COC(=O)CCCCCCCCC(C)C)OC(=O)CCCCCCCCC(C)C. The zero-order valence-corrected chi connectivity index (χ0v) is 61.1. The molecule has 0 bridgehead atoms. The number of aliphatic hydroxyl groups excluding tert-OH is 1. The van der Waals surface area contributed by atoms with Gasteiger partial charge in [-0.15, -0.1) is 0 Å². The van der Waals surface area contributed by atoms with Crippen molar-refractivity contribution in [3.63, 3.8) is 0 Å². The second-order valence-corrected chi connectivity index (χ2v) is 30.3. The lowest BCUT2D eigenvalue weighted by Gasteiger charge is -2.21. The third kappa shape index (κ3) is 66.5. The molecule has 0 radical (unpaired) electrons. The maximum atomic E-state index is 13.0. The van der Waals surface area contributed by atoms with Crippen LogP contribution in [0.25, 0.3) is 0 Å². The summed E-state index contributed by atoms with van der Waals surface area (Å²) in [6.45, 7) is 11.7. The number of phosphoric ester groups is 2. The van der Waals surface area contributed by atoms with E-state index < -0.39 is 97.5 Å². The van der Waals surface area contributed by atoms with Crippen LogP contribution in [-0.4, -0.2) is 96.7 Å². The second kappa shape index (κ2) is 62.8. The summed E-state index contributed by atoms with van der Waals surface area (Å²) in [5.74, 6) is -0.0401. The van der Waals surface area contributed by atoms with Gasteiger partial charge in [0.25, 0.3) is 0 Å². The first kappa shape index (κ1) is 89.1. The molecule has 0 amide bonds. The Kier molecular flexibility index (Phi) is 61.5. The standard InChI is InChI=1S/C72H140O17P2/c1-8-9-10-11-12-13-14-15-16-17-18-19-20-21-22-23-24-27-31-41-48-55-71(76)88-67(59-82-69(74)53-46-39-30-28-25-26-29-36-43-50-63(2)3)61-86-90(78,79)84-57-66(73)58-85-91(80,81)87-62-68(89-72(77)56-49-42-35-33-38-45-52-65(6)7)60-83-70(75)54-47-40-34-32-37-44-51-64(4)5/h63-68,73H,8-62H2,1-7H3,(H,78,79)(H,80,81)/t66-,67-,68-/m1/s1. The van der Waals surface area contributed by atoms with E-state index in [1.54, 1.807) is 0 Å². The molecule has 0 aliphatic heterocycles. The molecule has 540 valence electrons. The van der Waals surface area contributed by atoms with Crippen molar-refractivity contribution in [3.05, 3.63) is 0 Å². The summed E-state index contributed by atoms with van der Waals surface area (Å²) in [7, 11) is -9.90. The monoisotopic (exact) mass is 1340 g/mol. The van der Waals surface area contributed by atoms with Crippen LogP contribution in [-0.2, 0) is 65.4 Å². The summed E-state index contributed by atoms with van der Waals surface area (Å²) < 4.78 is 68.2. The minimum Gasteiger partial charge on any atom is -0.462 e. The average Bonchev–Trinajstić information content (AvgIpc) is 3.25. The molecule has 0 heterocycles. The summed E-state index contributed by atoms with van der Waals surface area (Å²) in [6.07, 6.45) is 47.8. The first-order valence-corrected chi connectivity index (χ1v) is 40.3. The van der Waals surface area contributed by atoms with Gasteiger partial charge in [-0.25, -0.2) is 9.13 Å². The third-order valence-corrected chi connectivity index (χ3v) is 18.5. The first-order valence-electron chi connectivity index (χ1n) is 37.3. The number of hydrogen-bond acceptors (Lipinski definition) is 15. The van der Waals surface area contributed by atoms with Crippen molar-refractivity contribution < 1.29 is 80.2 Å². The van der Waals surface area contributed by atoms with Crippen molar-refractivity contribution >= 4 is 39.5 Å². The lowest BCUT2D eigenvalue weighted by atomic mass is 10.0. The smallest absolute Gasteiger partial charge is 0.462 e. The highest BCUT2D eigenvalue weighted by Crippen LogP contribution is 2.45. The minimum atomic E-state index is -4.95. The van der Waals surface area contributed by atoms with Gasteiger partial charge in [-0.1, -0.05) is 312 Å². The van der Waals surface area contributed by atoms with Crippen LogP contribution < -0.4 is 0 Å². The van der Waals surface area contributed by atoms with E-state index in [0.29, 0.717) is 37.5 Å². The summed E-state index contributed by atoms with van der Waals surface area (Å²) >= 11 is 0. The molecule has 3 N–H and O–H groups in total. The predicted octanol–water partition coefficient (Wildman–Crippen LogP) is 20.6. The highest BCUT2D eigenvalue weighted by Gasteiger charge is 2.30. The van der Waals surface area contributed by atoms with Crippen LogP contribution in [0.15, 0.2) is 0 Å². The van der Waals surface area contributed by atoms with E-state index in [1.165, 1.54) is 167 Å². The largest absolute Gasteiger partial charge is 0.472 e. The number of rotatable bonds is 70. The zero-order valence-electron chi connectivity index (χ0n) is 59.3. The number of esters is 4. The molecule has 0 aromatic rings. The maximum absolute atomic E-state index is 13.0. The van der Waals surface area contributed by atoms with E-state index in [0.717, 1.165) is 102 Å². The van der Waals surface area contributed by atoms with Gasteiger partial charge in [0, 0.05) is 25.7 Å². The van der Waals surface area contributed by atoms with Crippen molar-refractivity contribution in [1.82, 2.24) is 0 Å². The quantitative estimate of drug-likeness (QED) is 0.0222. The van der Waals surface area contributed by atoms with E-state index in [9.17, 15) is 43.2 Å². The second-order valence-electron chi connectivity index (χ2n) is 27.4. The Hall–Kier alpha value is -1.94. The van der Waals surface area contributed by atoms with Crippen molar-refractivity contribution in [2.75, 3.05) is 39.6 Å². The zero-order chi connectivity index (χ0) is 67.3. The molecule has 0 saturated heterocycles. The fourth-order valence-electron chi connectivity index (χ4n) is 10.9. The van der Waals surface area contributed by atoms with Crippen LogP contribution in [0.4, 0.5) is 0 Å². The summed E-state index contributed by atoms with van der Waals surface area (Å²) in [6, 6.07) is 0. The molecule has 19 heteroatoms. The normalized spacial score (nSPS) is 14.2. The van der Waals surface area contributed by atoms with E-state index in [1.807, 2.05) is 0 Å². The Bertz CT molecular complexity index is 1780. The molecule has 0 aromatic carbocycles. The van der Waals surface area contributed by atoms with Gasteiger partial charge in [0.05, 0.1) is 26.4 Å². The van der Waals surface area contributed by atoms with Crippen LogP contribution in [0.2, 0.25) is 0 Å². The minimum absolute atomic E-state index is 0.101. The number of carbonyl (C=O) groups excluding carboxylic acids is 4. The molecule has 5 atom stereocenters. The van der Waals surface area contributed by atoms with Crippen LogP contribution >= 0.6 is 15.6 Å². The van der Waals surface area contributed by atoms with Gasteiger partial charge in [0.15, 0.2) is 12.2 Å². The van der Waals surface area contributed by atoms with E-state index in [-0.39, 0.29) is 25.7 Å². The van der Waals surface area contributed by atoms with Gasteiger partial charge in [0.1, 0.15) is 19.3 Å². The molecule has 0 aliphatic carbocycles. The van der Waals surface area contributed by atoms with Gasteiger partial charge in [-0.2, -0.15) is 0 Å². The van der Waals surface area contributed by atoms with Gasteiger partial charge in [-0.05, 0) is 43.4 Å². The summed E-state index contributed by atoms with van der Waals surface area (Å²) in [4.78, 5) is 72.5. The first-order chi connectivity index (χ1) is 43.7. The van der Waals surface area contributed by atoms with Crippen molar-refractivity contribution in [2.24, 2.45) is 17.8 Å². The molecule has 17 nitrogen and oxygen atoms in total. The molecule has 0 aliphatic rings. The van der Waals surface area contributed by atoms with Gasteiger partial charge in [0.2, 0.25) is 0 Å². The summed E-state index contributed by atoms with van der Waals surface area (Å²) in [5, 5.41) is 10.6. The molecule has 91 heavy (non-hydrogen) atoms. The molecular formula is C72H140O17P2. The highest BCUT2D eigenvalue weighted by molar-refractivity contribution is 7.47. The number of hydrogen-bond donors (Lipinski definition) is 3. The predicted molar refractivity (Wildman–Crippen MR) is 368 cm³/mol. The molecule has 0 saturated carbocycles. The lowest BCUT2D eigenvalue weighted by molar-refractivity contribution is -0.161. The number of phosphoric acid groups is 2. The summed E-state index contributed by atoms with van der Waals surface area (Å²) in [5.41, 5.74) is 0.